The van der Waals surface area contributed by atoms with Gasteiger partial charge in [0, 0.05) is 19.0 Å². The summed E-state index contributed by atoms with van der Waals surface area (Å²) < 4.78 is 0. The molecule has 1 aromatic rings. The number of likely N-dealkylation sites (tertiary alicyclic amines) is 1. The van der Waals surface area contributed by atoms with Crippen molar-refractivity contribution in [3.8, 4) is 0 Å². The van der Waals surface area contributed by atoms with Gasteiger partial charge < -0.3 is 10.0 Å². The Morgan fingerprint density at radius 3 is 2.69 bits per heavy atom. The minimum Gasteiger partial charge on any atom is -0.481 e. The Balaban J connectivity index is 2.23. The van der Waals surface area contributed by atoms with E-state index in [1.54, 1.807) is 0 Å². The molecule has 86 valence electrons. The fourth-order valence-corrected chi connectivity index (χ4v) is 2.44. The zero-order valence-corrected chi connectivity index (χ0v) is 9.68. The van der Waals surface area contributed by atoms with Gasteiger partial charge in [-0.1, -0.05) is 29.8 Å². The lowest BCUT2D eigenvalue weighted by atomic mass is 9.81. The molecule has 3 nitrogen and oxygen atoms in total. The third-order valence-electron chi connectivity index (χ3n) is 3.23. The molecule has 1 aliphatic heterocycles. The molecular weight excluding hydrogens is 202 g/mol. The molecular formula is C13H17NO2. The molecule has 0 radical (unpaired) electrons. The SMILES string of the molecule is Cc1cccc(C(C(=O)O)C2CN(C)C2)c1. The fourth-order valence-electron chi connectivity index (χ4n) is 2.44. The maximum atomic E-state index is 11.3. The molecule has 1 aliphatic rings. The Bertz CT molecular complexity index is 397. The van der Waals surface area contributed by atoms with Gasteiger partial charge in [0.15, 0.2) is 0 Å². The van der Waals surface area contributed by atoms with Crippen molar-refractivity contribution >= 4 is 5.97 Å². The van der Waals surface area contributed by atoms with Crippen molar-refractivity contribution in [1.82, 2.24) is 4.90 Å². The van der Waals surface area contributed by atoms with E-state index in [1.165, 1.54) is 0 Å². The molecule has 1 N–H and O–H groups in total. The van der Waals surface area contributed by atoms with Gasteiger partial charge in [0.1, 0.15) is 0 Å². The van der Waals surface area contributed by atoms with Gasteiger partial charge in [-0.3, -0.25) is 4.79 Å². The van der Waals surface area contributed by atoms with Crippen LogP contribution in [0.25, 0.3) is 0 Å². The zero-order valence-electron chi connectivity index (χ0n) is 9.68. The molecule has 0 spiro atoms. The van der Waals surface area contributed by atoms with Gasteiger partial charge in [-0.05, 0) is 19.5 Å². The number of aryl methyl sites for hydroxylation is 1. The summed E-state index contributed by atoms with van der Waals surface area (Å²) in [5.74, 6) is -0.802. The largest absolute Gasteiger partial charge is 0.481 e. The van der Waals surface area contributed by atoms with E-state index in [4.69, 9.17) is 0 Å². The van der Waals surface area contributed by atoms with E-state index in [0.29, 0.717) is 0 Å². The highest BCUT2D eigenvalue weighted by Gasteiger charge is 2.36. The van der Waals surface area contributed by atoms with Crippen LogP contribution in [-0.4, -0.2) is 36.1 Å². The van der Waals surface area contributed by atoms with Gasteiger partial charge in [0.2, 0.25) is 0 Å². The molecule has 0 aromatic heterocycles. The Kier molecular flexibility index (Phi) is 2.97. The van der Waals surface area contributed by atoms with Crippen LogP contribution in [0.5, 0.6) is 0 Å². The first-order valence-electron chi connectivity index (χ1n) is 5.56. The molecule has 1 atom stereocenters. The predicted molar refractivity (Wildman–Crippen MR) is 62.5 cm³/mol. The number of hydrogen-bond acceptors (Lipinski definition) is 2. The minimum atomic E-state index is -0.705. The Labute approximate surface area is 95.7 Å². The highest BCUT2D eigenvalue weighted by molar-refractivity contribution is 5.76. The average molecular weight is 219 g/mol. The van der Waals surface area contributed by atoms with Crippen molar-refractivity contribution in [2.75, 3.05) is 20.1 Å². The highest BCUT2D eigenvalue weighted by atomic mass is 16.4. The van der Waals surface area contributed by atoms with Crippen molar-refractivity contribution in [2.45, 2.75) is 12.8 Å². The minimum absolute atomic E-state index is 0.254. The van der Waals surface area contributed by atoms with Gasteiger partial charge in [0.05, 0.1) is 5.92 Å². The van der Waals surface area contributed by atoms with E-state index in [9.17, 15) is 9.90 Å². The van der Waals surface area contributed by atoms with E-state index in [-0.39, 0.29) is 11.8 Å². The fraction of sp³-hybridized carbons (Fsp3) is 0.462. The molecule has 1 unspecified atom stereocenters. The maximum Gasteiger partial charge on any atom is 0.311 e. The summed E-state index contributed by atoms with van der Waals surface area (Å²) >= 11 is 0. The van der Waals surface area contributed by atoms with Crippen LogP contribution in [0.1, 0.15) is 17.0 Å². The molecule has 1 fully saturated rings. The average Bonchev–Trinajstić information content (AvgIpc) is 2.15. The smallest absolute Gasteiger partial charge is 0.311 e. The summed E-state index contributed by atoms with van der Waals surface area (Å²) in [5.41, 5.74) is 2.06. The van der Waals surface area contributed by atoms with Gasteiger partial charge in [0.25, 0.3) is 0 Å². The second-order valence-corrected chi connectivity index (χ2v) is 4.71. The number of nitrogens with zero attached hydrogens (tertiary/aromatic N) is 1. The van der Waals surface area contributed by atoms with Crippen LogP contribution in [0.15, 0.2) is 24.3 Å². The van der Waals surface area contributed by atoms with Gasteiger partial charge in [-0.25, -0.2) is 0 Å². The lowest BCUT2D eigenvalue weighted by Crippen LogP contribution is -2.48. The normalized spacial score (nSPS) is 19.1. The summed E-state index contributed by atoms with van der Waals surface area (Å²) in [6.07, 6.45) is 0. The highest BCUT2D eigenvalue weighted by Crippen LogP contribution is 2.31. The van der Waals surface area contributed by atoms with Gasteiger partial charge in [-0.15, -0.1) is 0 Å². The summed E-state index contributed by atoms with van der Waals surface area (Å²) in [6.45, 7) is 3.76. The summed E-state index contributed by atoms with van der Waals surface area (Å²) in [5, 5.41) is 9.32. The second-order valence-electron chi connectivity index (χ2n) is 4.71. The summed E-state index contributed by atoms with van der Waals surface area (Å²) in [7, 11) is 2.02. The lowest BCUT2D eigenvalue weighted by Gasteiger charge is -2.39. The first kappa shape index (κ1) is 11.1. The summed E-state index contributed by atoms with van der Waals surface area (Å²) in [4.78, 5) is 13.5. The van der Waals surface area contributed by atoms with Crippen molar-refractivity contribution < 1.29 is 9.90 Å². The molecule has 3 heteroatoms. The van der Waals surface area contributed by atoms with Crippen molar-refractivity contribution in [3.05, 3.63) is 35.4 Å². The Morgan fingerprint density at radius 1 is 1.50 bits per heavy atom. The van der Waals surface area contributed by atoms with E-state index >= 15 is 0 Å². The number of rotatable bonds is 3. The van der Waals surface area contributed by atoms with Crippen LogP contribution in [0.4, 0.5) is 0 Å². The molecule has 0 aliphatic carbocycles. The molecule has 16 heavy (non-hydrogen) atoms. The molecule has 0 bridgehead atoms. The van der Waals surface area contributed by atoms with E-state index in [0.717, 1.165) is 24.2 Å². The standard InChI is InChI=1S/C13H17NO2/c1-9-4-3-5-10(6-9)12(13(15)16)11-7-14(2)8-11/h3-6,11-12H,7-8H2,1-2H3,(H,15,16). The molecule has 1 heterocycles. The van der Waals surface area contributed by atoms with E-state index in [1.807, 2.05) is 38.2 Å². The number of hydrogen-bond donors (Lipinski definition) is 1. The van der Waals surface area contributed by atoms with Crippen molar-refractivity contribution in [3.63, 3.8) is 0 Å². The molecule has 0 amide bonds. The second kappa shape index (κ2) is 4.26. The molecule has 1 aromatic carbocycles. The van der Waals surface area contributed by atoms with Crippen LogP contribution in [0.3, 0.4) is 0 Å². The predicted octanol–water partition coefficient (Wildman–Crippen LogP) is 1.72. The number of carboxylic acid groups (broad SMARTS) is 1. The van der Waals surface area contributed by atoms with Gasteiger partial charge >= 0.3 is 5.97 Å². The molecule has 1 saturated heterocycles. The van der Waals surface area contributed by atoms with Crippen molar-refractivity contribution in [1.29, 1.82) is 0 Å². The third-order valence-corrected chi connectivity index (χ3v) is 3.23. The number of aliphatic carboxylic acids is 1. The van der Waals surface area contributed by atoms with Crippen LogP contribution in [0.2, 0.25) is 0 Å². The third kappa shape index (κ3) is 2.09. The summed E-state index contributed by atoms with van der Waals surface area (Å²) in [6, 6.07) is 7.83. The molecule has 2 rings (SSSR count). The Morgan fingerprint density at radius 2 is 2.19 bits per heavy atom. The van der Waals surface area contributed by atoms with Crippen LogP contribution < -0.4 is 0 Å². The van der Waals surface area contributed by atoms with E-state index < -0.39 is 5.97 Å². The monoisotopic (exact) mass is 219 g/mol. The maximum absolute atomic E-state index is 11.3. The number of carbonyl (C=O) groups is 1. The number of benzene rings is 1. The van der Waals surface area contributed by atoms with Crippen LogP contribution in [0, 0.1) is 12.8 Å². The van der Waals surface area contributed by atoms with Crippen molar-refractivity contribution in [2.24, 2.45) is 5.92 Å². The molecule has 0 saturated carbocycles. The van der Waals surface area contributed by atoms with Crippen LogP contribution >= 0.6 is 0 Å². The first-order chi connectivity index (χ1) is 7.58. The van der Waals surface area contributed by atoms with Crippen LogP contribution in [-0.2, 0) is 4.79 Å². The Hall–Kier alpha value is -1.35. The number of carboxylic acids is 1. The first-order valence-corrected chi connectivity index (χ1v) is 5.56. The zero-order chi connectivity index (χ0) is 11.7. The van der Waals surface area contributed by atoms with Gasteiger partial charge in [-0.2, -0.15) is 0 Å². The lowest BCUT2D eigenvalue weighted by molar-refractivity contribution is -0.141. The van der Waals surface area contributed by atoms with E-state index in [2.05, 4.69) is 4.90 Å². The quantitative estimate of drug-likeness (QED) is 0.841. The topological polar surface area (TPSA) is 40.5 Å².